The number of ether oxygens (including phenoxy) is 1. The average molecular weight is 381 g/mol. The fourth-order valence-electron chi connectivity index (χ4n) is 3.30. The molecule has 0 saturated carbocycles. The zero-order valence-electron chi connectivity index (χ0n) is 16.3. The van der Waals surface area contributed by atoms with Crippen molar-refractivity contribution in [1.29, 1.82) is 0 Å². The van der Waals surface area contributed by atoms with Gasteiger partial charge in [0.05, 0.1) is 7.11 Å². The number of hydrogen-bond acceptors (Lipinski definition) is 4. The van der Waals surface area contributed by atoms with Crippen LogP contribution in [0.15, 0.2) is 54.6 Å². The van der Waals surface area contributed by atoms with Gasteiger partial charge < -0.3 is 15.0 Å². The Balaban J connectivity index is 1.38. The minimum Gasteiger partial charge on any atom is -0.497 e. The summed E-state index contributed by atoms with van der Waals surface area (Å²) in [5.74, 6) is 0.529. The second kappa shape index (κ2) is 9.90. The minimum atomic E-state index is -0.195. The molecule has 0 unspecified atom stereocenters. The predicted molar refractivity (Wildman–Crippen MR) is 108 cm³/mol. The maximum absolute atomic E-state index is 12.4. The zero-order valence-corrected chi connectivity index (χ0v) is 16.3. The SMILES string of the molecule is COc1cccc(C(=O)NCCC(=O)N2CCN(Cc3ccccc3)CC2)c1. The lowest BCUT2D eigenvalue weighted by molar-refractivity contribution is -0.132. The van der Waals surface area contributed by atoms with Gasteiger partial charge in [-0.3, -0.25) is 14.5 Å². The van der Waals surface area contributed by atoms with Gasteiger partial charge in [-0.25, -0.2) is 0 Å². The smallest absolute Gasteiger partial charge is 0.251 e. The van der Waals surface area contributed by atoms with Crippen molar-refractivity contribution in [3.8, 4) is 5.75 Å². The van der Waals surface area contributed by atoms with Crippen molar-refractivity contribution in [1.82, 2.24) is 15.1 Å². The molecular formula is C22H27N3O3. The highest BCUT2D eigenvalue weighted by Crippen LogP contribution is 2.12. The third-order valence-electron chi connectivity index (χ3n) is 4.93. The van der Waals surface area contributed by atoms with E-state index in [0.29, 0.717) is 24.3 Å². The number of benzene rings is 2. The molecule has 0 atom stereocenters. The van der Waals surface area contributed by atoms with Crippen LogP contribution in [0.4, 0.5) is 0 Å². The Labute approximate surface area is 166 Å². The minimum absolute atomic E-state index is 0.0882. The molecule has 2 aromatic rings. The molecule has 28 heavy (non-hydrogen) atoms. The Morgan fingerprint density at radius 3 is 2.46 bits per heavy atom. The molecule has 0 radical (unpaired) electrons. The van der Waals surface area contributed by atoms with Gasteiger partial charge in [0, 0.05) is 51.3 Å². The lowest BCUT2D eigenvalue weighted by Crippen LogP contribution is -2.48. The Morgan fingerprint density at radius 1 is 1.00 bits per heavy atom. The Morgan fingerprint density at radius 2 is 1.75 bits per heavy atom. The van der Waals surface area contributed by atoms with E-state index in [1.165, 1.54) is 5.56 Å². The summed E-state index contributed by atoms with van der Waals surface area (Å²) in [5, 5.41) is 2.81. The molecule has 0 spiro atoms. The molecule has 3 rings (SSSR count). The quantitative estimate of drug-likeness (QED) is 0.798. The van der Waals surface area contributed by atoms with Crippen molar-refractivity contribution in [3.05, 3.63) is 65.7 Å². The van der Waals surface area contributed by atoms with E-state index in [0.717, 1.165) is 32.7 Å². The summed E-state index contributed by atoms with van der Waals surface area (Å²) in [6.07, 6.45) is 0.314. The van der Waals surface area contributed by atoms with Crippen molar-refractivity contribution < 1.29 is 14.3 Å². The number of amides is 2. The van der Waals surface area contributed by atoms with Crippen molar-refractivity contribution >= 4 is 11.8 Å². The fraction of sp³-hybridized carbons (Fsp3) is 0.364. The first-order valence-electron chi connectivity index (χ1n) is 9.62. The van der Waals surface area contributed by atoms with Crippen molar-refractivity contribution in [2.45, 2.75) is 13.0 Å². The summed E-state index contributed by atoms with van der Waals surface area (Å²) in [7, 11) is 1.56. The normalized spacial score (nSPS) is 14.5. The molecule has 1 N–H and O–H groups in total. The maximum atomic E-state index is 12.4. The molecule has 1 aliphatic rings. The molecule has 6 nitrogen and oxygen atoms in total. The fourth-order valence-corrected chi connectivity index (χ4v) is 3.30. The van der Waals surface area contributed by atoms with Crippen LogP contribution in [-0.2, 0) is 11.3 Å². The zero-order chi connectivity index (χ0) is 19.8. The maximum Gasteiger partial charge on any atom is 0.251 e. The summed E-state index contributed by atoms with van der Waals surface area (Å²) in [5.41, 5.74) is 1.82. The highest BCUT2D eigenvalue weighted by molar-refractivity contribution is 5.94. The Kier molecular flexibility index (Phi) is 7.03. The van der Waals surface area contributed by atoms with Gasteiger partial charge in [0.2, 0.25) is 5.91 Å². The van der Waals surface area contributed by atoms with E-state index in [9.17, 15) is 9.59 Å². The van der Waals surface area contributed by atoms with Crippen molar-refractivity contribution in [3.63, 3.8) is 0 Å². The molecule has 1 saturated heterocycles. The molecule has 0 aliphatic carbocycles. The second-order valence-corrected chi connectivity index (χ2v) is 6.88. The summed E-state index contributed by atoms with van der Waals surface area (Å²) in [6.45, 7) is 4.46. The molecule has 0 aromatic heterocycles. The molecule has 1 fully saturated rings. The number of nitrogens with one attached hydrogen (secondary N) is 1. The third kappa shape index (κ3) is 5.57. The number of piperazine rings is 1. The van der Waals surface area contributed by atoms with Crippen molar-refractivity contribution in [2.75, 3.05) is 39.8 Å². The van der Waals surface area contributed by atoms with E-state index in [4.69, 9.17) is 4.74 Å². The van der Waals surface area contributed by atoms with E-state index in [2.05, 4.69) is 34.5 Å². The van der Waals surface area contributed by atoms with Gasteiger partial charge in [-0.2, -0.15) is 0 Å². The molecule has 1 heterocycles. The van der Waals surface area contributed by atoms with Crippen LogP contribution in [0, 0.1) is 0 Å². The number of rotatable bonds is 7. The highest BCUT2D eigenvalue weighted by Gasteiger charge is 2.21. The molecule has 148 valence electrons. The molecule has 6 heteroatoms. The predicted octanol–water partition coefficient (Wildman–Crippen LogP) is 2.16. The second-order valence-electron chi connectivity index (χ2n) is 6.88. The Bertz CT molecular complexity index is 787. The van der Waals surface area contributed by atoms with Gasteiger partial charge in [0.25, 0.3) is 5.91 Å². The first kappa shape index (κ1) is 19.9. The molecule has 2 amide bonds. The molecular weight excluding hydrogens is 354 g/mol. The topological polar surface area (TPSA) is 61.9 Å². The first-order valence-corrected chi connectivity index (χ1v) is 9.62. The van der Waals surface area contributed by atoms with E-state index in [1.54, 1.807) is 31.4 Å². The van der Waals surface area contributed by atoms with Crippen molar-refractivity contribution in [2.24, 2.45) is 0 Å². The molecule has 0 bridgehead atoms. The van der Waals surface area contributed by atoms with Gasteiger partial charge in [-0.05, 0) is 23.8 Å². The summed E-state index contributed by atoms with van der Waals surface area (Å²) >= 11 is 0. The van der Waals surface area contributed by atoms with Crippen LogP contribution in [0.2, 0.25) is 0 Å². The highest BCUT2D eigenvalue weighted by atomic mass is 16.5. The van der Waals surface area contributed by atoms with Gasteiger partial charge >= 0.3 is 0 Å². The summed E-state index contributed by atoms with van der Waals surface area (Å²) in [4.78, 5) is 28.9. The third-order valence-corrected chi connectivity index (χ3v) is 4.93. The lowest BCUT2D eigenvalue weighted by atomic mass is 10.2. The van der Waals surface area contributed by atoms with Crippen LogP contribution in [0.1, 0.15) is 22.3 Å². The van der Waals surface area contributed by atoms with Crippen LogP contribution >= 0.6 is 0 Å². The number of carbonyl (C=O) groups excluding carboxylic acids is 2. The summed E-state index contributed by atoms with van der Waals surface area (Å²) < 4.78 is 5.13. The number of carbonyl (C=O) groups is 2. The van der Waals surface area contributed by atoms with Crippen LogP contribution in [0.3, 0.4) is 0 Å². The Hall–Kier alpha value is -2.86. The molecule has 1 aliphatic heterocycles. The van der Waals surface area contributed by atoms with Gasteiger partial charge in [-0.15, -0.1) is 0 Å². The van der Waals surface area contributed by atoms with Gasteiger partial charge in [-0.1, -0.05) is 36.4 Å². The van der Waals surface area contributed by atoms with Crippen LogP contribution in [0.25, 0.3) is 0 Å². The van der Waals surface area contributed by atoms with E-state index < -0.39 is 0 Å². The standard InChI is InChI=1S/C22H27N3O3/c1-28-20-9-5-8-19(16-20)22(27)23-11-10-21(26)25-14-12-24(13-15-25)17-18-6-3-2-4-7-18/h2-9,16H,10-15,17H2,1H3,(H,23,27). The number of methoxy groups -OCH3 is 1. The first-order chi connectivity index (χ1) is 13.7. The van der Waals surface area contributed by atoms with Gasteiger partial charge in [0.15, 0.2) is 0 Å². The molecule has 2 aromatic carbocycles. The van der Waals surface area contributed by atoms with E-state index >= 15 is 0 Å². The van der Waals surface area contributed by atoms with Crippen LogP contribution < -0.4 is 10.1 Å². The van der Waals surface area contributed by atoms with Crippen LogP contribution in [0.5, 0.6) is 5.75 Å². The number of nitrogens with zero attached hydrogens (tertiary/aromatic N) is 2. The van der Waals surface area contributed by atoms with E-state index in [-0.39, 0.29) is 11.8 Å². The largest absolute Gasteiger partial charge is 0.497 e. The summed E-state index contributed by atoms with van der Waals surface area (Å²) in [6, 6.07) is 17.3. The monoisotopic (exact) mass is 381 g/mol. The van der Waals surface area contributed by atoms with Crippen LogP contribution in [-0.4, -0.2) is 61.4 Å². The number of hydrogen-bond donors (Lipinski definition) is 1. The average Bonchev–Trinajstić information content (AvgIpc) is 2.75. The van der Waals surface area contributed by atoms with Gasteiger partial charge in [0.1, 0.15) is 5.75 Å². The lowest BCUT2D eigenvalue weighted by Gasteiger charge is -2.34. The van der Waals surface area contributed by atoms with E-state index in [1.807, 2.05) is 11.0 Å².